The lowest BCUT2D eigenvalue weighted by atomic mass is 10.00. The molecule has 0 saturated carbocycles. The first-order valence-electron chi connectivity index (χ1n) is 15.0. The maximum Gasteiger partial charge on any atom is 0.255 e. The summed E-state index contributed by atoms with van der Waals surface area (Å²) in [5, 5.41) is 24.9. The number of nitrogens with one attached hydrogen (secondary N) is 1. The summed E-state index contributed by atoms with van der Waals surface area (Å²) in [6.07, 6.45) is 1.60. The van der Waals surface area contributed by atoms with Gasteiger partial charge in [-0.3, -0.25) is 19.8 Å². The van der Waals surface area contributed by atoms with E-state index in [1.165, 1.54) is 16.2 Å². The molecule has 2 amide bonds. The minimum absolute atomic E-state index is 0.0424. The zero-order valence-electron chi connectivity index (χ0n) is 25.4. The zero-order valence-corrected chi connectivity index (χ0v) is 26.2. The molecule has 3 heterocycles. The number of thiazole rings is 1. The average molecular weight is 614 g/mol. The van der Waals surface area contributed by atoms with E-state index >= 15 is 0 Å². The van der Waals surface area contributed by atoms with Crippen molar-refractivity contribution in [1.29, 1.82) is 0 Å². The second-order valence-corrected chi connectivity index (χ2v) is 11.6. The predicted molar refractivity (Wildman–Crippen MR) is 175 cm³/mol. The second-order valence-electron chi connectivity index (χ2n) is 10.7. The van der Waals surface area contributed by atoms with Crippen molar-refractivity contribution in [3.05, 3.63) is 94.5 Å². The van der Waals surface area contributed by atoms with Crippen molar-refractivity contribution in [3.63, 3.8) is 0 Å². The minimum Gasteiger partial charge on any atom is -0.508 e. The molecule has 3 N–H and O–H groups in total. The first-order chi connectivity index (χ1) is 21.4. The van der Waals surface area contributed by atoms with Gasteiger partial charge in [0.05, 0.1) is 6.61 Å². The first kappa shape index (κ1) is 31.2. The normalized spacial score (nSPS) is 15.4. The molecule has 0 radical (unpaired) electrons. The zero-order chi connectivity index (χ0) is 31.2. The highest BCUT2D eigenvalue weighted by atomic mass is 32.1. The molecule has 0 aliphatic carbocycles. The second kappa shape index (κ2) is 14.0. The van der Waals surface area contributed by atoms with E-state index in [-0.39, 0.29) is 24.8 Å². The maximum atomic E-state index is 13.9. The molecule has 2 aliphatic heterocycles. The fourth-order valence-electron chi connectivity index (χ4n) is 5.75. The Kier molecular flexibility index (Phi) is 9.94. The first-order valence-corrected chi connectivity index (χ1v) is 15.9. The lowest BCUT2D eigenvalue weighted by Crippen LogP contribution is -2.47. The van der Waals surface area contributed by atoms with E-state index in [1.54, 1.807) is 29.8 Å². The molecule has 44 heavy (non-hydrogen) atoms. The number of hydrogen-bond donors (Lipinski definition) is 3. The lowest BCUT2D eigenvalue weighted by molar-refractivity contribution is -0.120. The average Bonchev–Trinajstić information content (AvgIpc) is 3.68. The Morgan fingerprint density at radius 2 is 1.73 bits per heavy atom. The highest BCUT2D eigenvalue weighted by Gasteiger charge is 2.39. The van der Waals surface area contributed by atoms with Crippen molar-refractivity contribution >= 4 is 34.0 Å². The molecule has 1 saturated heterocycles. The third kappa shape index (κ3) is 6.62. The van der Waals surface area contributed by atoms with Gasteiger partial charge in [0.1, 0.15) is 11.8 Å². The van der Waals surface area contributed by atoms with Crippen molar-refractivity contribution < 1.29 is 19.8 Å². The topological polar surface area (TPSA) is 109 Å². The van der Waals surface area contributed by atoms with Gasteiger partial charge in [-0.05, 0) is 53.9 Å². The molecule has 0 bridgehead atoms. The molecule has 2 aliphatic rings. The van der Waals surface area contributed by atoms with E-state index in [0.29, 0.717) is 22.8 Å². The van der Waals surface area contributed by atoms with Crippen molar-refractivity contribution in [2.24, 2.45) is 0 Å². The Bertz CT molecular complexity index is 1580. The summed E-state index contributed by atoms with van der Waals surface area (Å²) >= 11 is 1.29. The number of aromatic nitrogens is 1. The van der Waals surface area contributed by atoms with Crippen LogP contribution in [0, 0.1) is 6.92 Å². The SMILES string of the molecule is CC.Cc1ccc(O)c(C(C(=O)Nc2nccs2)N2Cc3ccc(-c4ccc(N5CCN(CCO)CC5)cc4)cc3C2=O)c1. The van der Waals surface area contributed by atoms with Gasteiger partial charge in [0, 0.05) is 67.7 Å². The van der Waals surface area contributed by atoms with E-state index in [0.717, 1.165) is 54.1 Å². The van der Waals surface area contributed by atoms with Crippen LogP contribution < -0.4 is 10.2 Å². The molecule has 1 unspecified atom stereocenters. The van der Waals surface area contributed by atoms with Crippen LogP contribution in [0.15, 0.2) is 72.2 Å². The molecular weight excluding hydrogens is 574 g/mol. The monoisotopic (exact) mass is 613 g/mol. The van der Waals surface area contributed by atoms with Gasteiger partial charge in [-0.25, -0.2) is 4.98 Å². The highest BCUT2D eigenvalue weighted by Crippen LogP contribution is 2.38. The Morgan fingerprint density at radius 1 is 1.00 bits per heavy atom. The number of nitrogens with zero attached hydrogens (tertiary/aromatic N) is 4. The fraction of sp³-hybridized carbons (Fsp3) is 0.324. The molecule has 3 aromatic carbocycles. The molecular formula is C34H39N5O4S. The molecule has 9 nitrogen and oxygen atoms in total. The summed E-state index contributed by atoms with van der Waals surface area (Å²) < 4.78 is 0. The molecule has 1 aromatic heterocycles. The number of fused-ring (bicyclic) bond motifs is 1. The number of aliphatic hydroxyl groups is 1. The number of anilines is 2. The number of piperazine rings is 1. The molecule has 4 aromatic rings. The van der Waals surface area contributed by atoms with Crippen LogP contribution in [0.3, 0.4) is 0 Å². The predicted octanol–water partition coefficient (Wildman–Crippen LogP) is 5.30. The van der Waals surface area contributed by atoms with Crippen LogP contribution >= 0.6 is 11.3 Å². The molecule has 6 rings (SSSR count). The quantitative estimate of drug-likeness (QED) is 0.248. The number of aromatic hydroxyl groups is 1. The van der Waals surface area contributed by atoms with Crippen LogP contribution in [-0.2, 0) is 11.3 Å². The molecule has 1 atom stereocenters. The van der Waals surface area contributed by atoms with E-state index < -0.39 is 11.9 Å². The van der Waals surface area contributed by atoms with Gasteiger partial charge < -0.3 is 20.0 Å². The van der Waals surface area contributed by atoms with Gasteiger partial charge >= 0.3 is 0 Å². The van der Waals surface area contributed by atoms with Gasteiger partial charge in [-0.2, -0.15) is 0 Å². The Labute approximate surface area is 262 Å². The number of aryl methyl sites for hydroxylation is 1. The number of hydrogen-bond acceptors (Lipinski definition) is 8. The smallest absolute Gasteiger partial charge is 0.255 e. The van der Waals surface area contributed by atoms with Gasteiger partial charge in [-0.1, -0.05) is 49.7 Å². The van der Waals surface area contributed by atoms with Gasteiger partial charge in [0.15, 0.2) is 5.13 Å². The number of carbonyl (C=O) groups excluding carboxylic acids is 2. The Morgan fingerprint density at radius 3 is 2.41 bits per heavy atom. The Balaban J connectivity index is 0.00000188. The third-order valence-electron chi connectivity index (χ3n) is 8.00. The Hall–Kier alpha value is -4.25. The number of carbonyl (C=O) groups is 2. The van der Waals surface area contributed by atoms with Crippen LogP contribution in [0.1, 0.15) is 46.9 Å². The van der Waals surface area contributed by atoms with Crippen LogP contribution in [0.25, 0.3) is 11.1 Å². The van der Waals surface area contributed by atoms with Crippen molar-refractivity contribution in [1.82, 2.24) is 14.8 Å². The number of phenolic OH excluding ortho intramolecular Hbond substituents is 1. The van der Waals surface area contributed by atoms with Crippen molar-refractivity contribution in [2.75, 3.05) is 49.5 Å². The molecule has 230 valence electrons. The molecule has 1 fully saturated rings. The van der Waals surface area contributed by atoms with Gasteiger partial charge in [0.25, 0.3) is 11.8 Å². The third-order valence-corrected chi connectivity index (χ3v) is 8.68. The summed E-state index contributed by atoms with van der Waals surface area (Å²) in [6, 6.07) is 18.2. The summed E-state index contributed by atoms with van der Waals surface area (Å²) in [5.41, 5.74) is 5.70. The highest BCUT2D eigenvalue weighted by molar-refractivity contribution is 7.13. The largest absolute Gasteiger partial charge is 0.508 e. The standard InChI is InChI=1S/C32H33N5O4S.C2H6/c1-21-2-9-28(39)27(18-21)29(30(40)34-32-33-10-17-42-32)37-20-24-4-3-23(19-26(24)31(37)41)22-5-7-25(8-6-22)36-13-11-35(12-14-36)15-16-38;1-2/h2-10,17-19,29,38-39H,11-16,20H2,1H3,(H,33,34,40);1-2H3. The maximum absolute atomic E-state index is 13.9. The molecule has 0 spiro atoms. The van der Waals surface area contributed by atoms with Crippen LogP contribution in [0.2, 0.25) is 0 Å². The summed E-state index contributed by atoms with van der Waals surface area (Å²) in [7, 11) is 0. The number of β-amino-alcohol motifs (C(OH)–C–C–N with tert-alkyl or cyclic N) is 1. The van der Waals surface area contributed by atoms with Gasteiger partial charge in [0.2, 0.25) is 0 Å². The van der Waals surface area contributed by atoms with Crippen molar-refractivity contribution in [2.45, 2.75) is 33.4 Å². The summed E-state index contributed by atoms with van der Waals surface area (Å²) in [5.74, 6) is -0.733. The van der Waals surface area contributed by atoms with Gasteiger partial charge in [-0.15, -0.1) is 11.3 Å². The fourth-order valence-corrected chi connectivity index (χ4v) is 6.28. The van der Waals surface area contributed by atoms with E-state index in [1.807, 2.05) is 39.0 Å². The summed E-state index contributed by atoms with van der Waals surface area (Å²) in [6.45, 7) is 10.7. The number of aliphatic hydroxyl groups excluding tert-OH is 1. The van der Waals surface area contributed by atoms with E-state index in [2.05, 4.69) is 44.4 Å². The molecule has 10 heteroatoms. The number of phenols is 1. The van der Waals surface area contributed by atoms with Crippen LogP contribution in [0.5, 0.6) is 5.75 Å². The van der Waals surface area contributed by atoms with E-state index in [4.69, 9.17) is 0 Å². The van der Waals surface area contributed by atoms with Crippen LogP contribution in [-0.4, -0.2) is 76.1 Å². The lowest BCUT2D eigenvalue weighted by Gasteiger charge is -2.35. The van der Waals surface area contributed by atoms with Crippen LogP contribution in [0.4, 0.5) is 10.8 Å². The number of benzene rings is 3. The summed E-state index contributed by atoms with van der Waals surface area (Å²) in [4.78, 5) is 37.7. The minimum atomic E-state index is -1.03. The van der Waals surface area contributed by atoms with Crippen molar-refractivity contribution in [3.8, 4) is 16.9 Å². The number of amides is 2. The van der Waals surface area contributed by atoms with E-state index in [9.17, 15) is 19.8 Å². The number of rotatable bonds is 8.